The summed E-state index contributed by atoms with van der Waals surface area (Å²) in [7, 11) is 1.67. The molecule has 6 heteroatoms. The van der Waals surface area contributed by atoms with Gasteiger partial charge in [0.05, 0.1) is 24.4 Å². The molecule has 0 aliphatic rings. The van der Waals surface area contributed by atoms with Gasteiger partial charge in [-0.05, 0) is 31.0 Å². The zero-order valence-electron chi connectivity index (χ0n) is 14.6. The lowest BCUT2D eigenvalue weighted by molar-refractivity contribution is 0.414. The maximum Gasteiger partial charge on any atom is 0.191 e. The fourth-order valence-corrected chi connectivity index (χ4v) is 2.96. The van der Waals surface area contributed by atoms with Gasteiger partial charge in [-0.2, -0.15) is 0 Å². The van der Waals surface area contributed by atoms with Crippen molar-refractivity contribution in [2.75, 3.05) is 20.2 Å². The van der Waals surface area contributed by atoms with Crippen molar-refractivity contribution in [2.45, 2.75) is 33.2 Å². The van der Waals surface area contributed by atoms with Crippen molar-refractivity contribution in [3.63, 3.8) is 0 Å². The van der Waals surface area contributed by atoms with Crippen LogP contribution >= 0.6 is 11.3 Å². The highest BCUT2D eigenvalue weighted by Gasteiger charge is 2.02. The Morgan fingerprint density at radius 1 is 1.21 bits per heavy atom. The molecule has 2 aromatic rings. The summed E-state index contributed by atoms with van der Waals surface area (Å²) in [5, 5.41) is 9.98. The third kappa shape index (κ3) is 5.85. The predicted molar refractivity (Wildman–Crippen MR) is 101 cm³/mol. The summed E-state index contributed by atoms with van der Waals surface area (Å²) in [6.45, 7) is 6.50. The van der Waals surface area contributed by atoms with Crippen molar-refractivity contribution in [2.24, 2.45) is 4.99 Å². The molecule has 5 nitrogen and oxygen atoms in total. The molecule has 1 aromatic carbocycles. The lowest BCUT2D eigenvalue weighted by Crippen LogP contribution is -2.38. The van der Waals surface area contributed by atoms with E-state index in [0.29, 0.717) is 6.54 Å². The maximum absolute atomic E-state index is 5.17. The van der Waals surface area contributed by atoms with Gasteiger partial charge >= 0.3 is 0 Å². The zero-order chi connectivity index (χ0) is 17.2. The average molecular weight is 347 g/mol. The van der Waals surface area contributed by atoms with Gasteiger partial charge in [-0.3, -0.25) is 0 Å². The van der Waals surface area contributed by atoms with Crippen LogP contribution in [0.25, 0.3) is 0 Å². The van der Waals surface area contributed by atoms with E-state index >= 15 is 0 Å². The van der Waals surface area contributed by atoms with E-state index in [-0.39, 0.29) is 0 Å². The van der Waals surface area contributed by atoms with Crippen LogP contribution in [0.4, 0.5) is 0 Å². The second kappa shape index (κ2) is 9.93. The summed E-state index contributed by atoms with van der Waals surface area (Å²) in [6.07, 6.45) is 1.91. The van der Waals surface area contributed by atoms with Crippen molar-refractivity contribution in [3.05, 3.63) is 45.9 Å². The quantitative estimate of drug-likeness (QED) is 0.570. The van der Waals surface area contributed by atoms with Gasteiger partial charge in [0, 0.05) is 24.9 Å². The van der Waals surface area contributed by atoms with E-state index < -0.39 is 0 Å². The first-order chi connectivity index (χ1) is 11.7. The molecular formula is C18H26N4OS. The van der Waals surface area contributed by atoms with Gasteiger partial charge in [-0.1, -0.05) is 19.1 Å². The molecule has 0 fully saturated rings. The van der Waals surface area contributed by atoms with Crippen LogP contribution in [0, 0.1) is 0 Å². The first-order valence-electron chi connectivity index (χ1n) is 8.33. The molecule has 0 unspecified atom stereocenters. The van der Waals surface area contributed by atoms with Crippen LogP contribution < -0.4 is 15.4 Å². The lowest BCUT2D eigenvalue weighted by Gasteiger charge is -2.10. The van der Waals surface area contributed by atoms with Crippen LogP contribution in [0.3, 0.4) is 0 Å². The van der Waals surface area contributed by atoms with Gasteiger partial charge in [-0.25, -0.2) is 9.98 Å². The van der Waals surface area contributed by atoms with Crippen LogP contribution in [-0.2, 0) is 19.4 Å². The second-order valence-electron chi connectivity index (χ2n) is 5.31. The van der Waals surface area contributed by atoms with Crippen LogP contribution in [0.5, 0.6) is 5.75 Å². The summed E-state index contributed by atoms with van der Waals surface area (Å²) in [6, 6.07) is 7.98. The Kier molecular flexibility index (Phi) is 7.55. The summed E-state index contributed by atoms with van der Waals surface area (Å²) in [5.74, 6) is 1.70. The molecule has 0 saturated heterocycles. The van der Waals surface area contributed by atoms with E-state index in [9.17, 15) is 0 Å². The molecule has 2 N–H and O–H groups in total. The third-order valence-corrected chi connectivity index (χ3v) is 4.54. The molecule has 0 aliphatic carbocycles. The number of thiazole rings is 1. The summed E-state index contributed by atoms with van der Waals surface area (Å²) < 4.78 is 5.17. The Balaban J connectivity index is 1.85. The molecule has 1 heterocycles. The fourth-order valence-electron chi connectivity index (χ4n) is 2.18. The van der Waals surface area contributed by atoms with Crippen molar-refractivity contribution in [1.82, 2.24) is 15.6 Å². The Morgan fingerprint density at radius 2 is 2.00 bits per heavy atom. The smallest absolute Gasteiger partial charge is 0.191 e. The van der Waals surface area contributed by atoms with Crippen LogP contribution in [-0.4, -0.2) is 31.1 Å². The first kappa shape index (κ1) is 18.3. The van der Waals surface area contributed by atoms with Gasteiger partial charge in [0.15, 0.2) is 5.96 Å². The van der Waals surface area contributed by atoms with E-state index in [1.54, 1.807) is 18.4 Å². The minimum atomic E-state index is 0.635. The van der Waals surface area contributed by atoms with Gasteiger partial charge < -0.3 is 15.4 Å². The number of guanidine groups is 1. The van der Waals surface area contributed by atoms with Crippen molar-refractivity contribution < 1.29 is 4.74 Å². The summed E-state index contributed by atoms with van der Waals surface area (Å²) in [4.78, 5) is 9.22. The molecule has 0 radical (unpaired) electrons. The largest absolute Gasteiger partial charge is 0.497 e. The first-order valence-corrected chi connectivity index (χ1v) is 9.21. The van der Waals surface area contributed by atoms with E-state index in [0.717, 1.165) is 48.9 Å². The van der Waals surface area contributed by atoms with E-state index in [1.165, 1.54) is 5.01 Å². The highest BCUT2D eigenvalue weighted by Crippen LogP contribution is 2.12. The van der Waals surface area contributed by atoms with Crippen molar-refractivity contribution >= 4 is 17.3 Å². The highest BCUT2D eigenvalue weighted by molar-refractivity contribution is 7.09. The summed E-state index contributed by atoms with van der Waals surface area (Å²) in [5.41, 5.74) is 2.30. The van der Waals surface area contributed by atoms with Gasteiger partial charge in [0.25, 0.3) is 0 Å². The third-order valence-electron chi connectivity index (χ3n) is 3.50. The Labute approximate surface area is 148 Å². The maximum atomic E-state index is 5.17. The number of methoxy groups -OCH3 is 1. The SMILES string of the molecule is CCNC(=NCc1ccc(OC)cc1)NCCc1csc(CC)n1. The van der Waals surface area contributed by atoms with Crippen molar-refractivity contribution in [3.8, 4) is 5.75 Å². The highest BCUT2D eigenvalue weighted by atomic mass is 32.1. The van der Waals surface area contributed by atoms with Gasteiger partial charge in [-0.15, -0.1) is 11.3 Å². The number of rotatable bonds is 8. The number of hydrogen-bond donors (Lipinski definition) is 2. The van der Waals surface area contributed by atoms with Gasteiger partial charge in [0.1, 0.15) is 5.75 Å². The number of nitrogens with zero attached hydrogens (tertiary/aromatic N) is 2. The average Bonchev–Trinajstić information content (AvgIpc) is 3.08. The van der Waals surface area contributed by atoms with Crippen LogP contribution in [0.1, 0.15) is 30.1 Å². The minimum Gasteiger partial charge on any atom is -0.497 e. The van der Waals surface area contributed by atoms with Crippen LogP contribution in [0.2, 0.25) is 0 Å². The molecule has 2 rings (SSSR count). The predicted octanol–water partition coefficient (Wildman–Crippen LogP) is 3.01. The Bertz CT molecular complexity index is 637. The molecule has 0 bridgehead atoms. The molecule has 130 valence electrons. The molecule has 1 aromatic heterocycles. The van der Waals surface area contributed by atoms with Crippen molar-refractivity contribution in [1.29, 1.82) is 0 Å². The Hall–Kier alpha value is -2.08. The molecule has 0 atom stereocenters. The van der Waals surface area contributed by atoms with E-state index in [4.69, 9.17) is 4.74 Å². The number of aryl methyl sites for hydroxylation is 1. The minimum absolute atomic E-state index is 0.635. The number of hydrogen-bond acceptors (Lipinski definition) is 4. The molecule has 0 spiro atoms. The lowest BCUT2D eigenvalue weighted by atomic mass is 10.2. The molecular weight excluding hydrogens is 320 g/mol. The zero-order valence-corrected chi connectivity index (χ0v) is 15.4. The van der Waals surface area contributed by atoms with E-state index in [1.807, 2.05) is 24.3 Å². The van der Waals surface area contributed by atoms with E-state index in [2.05, 4.69) is 39.8 Å². The molecule has 0 amide bonds. The topological polar surface area (TPSA) is 58.5 Å². The standard InChI is InChI=1S/C18H26N4OS/c1-4-17-22-15(13-24-17)10-11-20-18(19-5-2)21-12-14-6-8-16(23-3)9-7-14/h6-9,13H,4-5,10-12H2,1-3H3,(H2,19,20,21). The molecule has 0 saturated carbocycles. The second-order valence-corrected chi connectivity index (χ2v) is 6.25. The monoisotopic (exact) mass is 346 g/mol. The number of aliphatic imine (C=N–C) groups is 1. The molecule has 24 heavy (non-hydrogen) atoms. The Morgan fingerprint density at radius 3 is 2.62 bits per heavy atom. The van der Waals surface area contributed by atoms with Gasteiger partial charge in [0.2, 0.25) is 0 Å². The number of benzene rings is 1. The number of nitrogens with one attached hydrogen (secondary N) is 2. The van der Waals surface area contributed by atoms with Crippen LogP contribution in [0.15, 0.2) is 34.6 Å². The fraction of sp³-hybridized carbons (Fsp3) is 0.444. The number of aromatic nitrogens is 1. The normalized spacial score (nSPS) is 11.4. The summed E-state index contributed by atoms with van der Waals surface area (Å²) >= 11 is 1.73. The molecule has 0 aliphatic heterocycles. The number of ether oxygens (including phenoxy) is 1.